The van der Waals surface area contributed by atoms with Crippen LogP contribution in [0, 0.1) is 5.41 Å². The zero-order valence-corrected chi connectivity index (χ0v) is 11.1. The lowest BCUT2D eigenvalue weighted by molar-refractivity contribution is 0.0554. The predicted molar refractivity (Wildman–Crippen MR) is 64.6 cm³/mol. The highest BCUT2D eigenvalue weighted by Gasteiger charge is 2.43. The van der Waals surface area contributed by atoms with E-state index in [9.17, 15) is 8.42 Å². The lowest BCUT2D eigenvalue weighted by Crippen LogP contribution is -2.38. The number of hydrogen-bond acceptors (Lipinski definition) is 3. The van der Waals surface area contributed by atoms with Gasteiger partial charge in [0, 0.05) is 6.61 Å². The van der Waals surface area contributed by atoms with Crippen molar-refractivity contribution in [3.63, 3.8) is 0 Å². The van der Waals surface area contributed by atoms with E-state index in [1.807, 2.05) is 0 Å². The first-order valence-corrected chi connectivity index (χ1v) is 7.77. The Balaban J connectivity index is 2.80. The number of rotatable bonds is 6. The minimum absolute atomic E-state index is 0.0347. The molecule has 0 aromatic heterocycles. The third-order valence-corrected chi connectivity index (χ3v) is 4.25. The second-order valence-electron chi connectivity index (χ2n) is 4.80. The summed E-state index contributed by atoms with van der Waals surface area (Å²) >= 11 is 0. The second kappa shape index (κ2) is 5.47. The van der Waals surface area contributed by atoms with Gasteiger partial charge in [0.25, 0.3) is 0 Å². The molecule has 0 aromatic carbocycles. The van der Waals surface area contributed by atoms with E-state index in [4.69, 9.17) is 9.88 Å². The van der Waals surface area contributed by atoms with Gasteiger partial charge in [-0.1, -0.05) is 26.7 Å². The summed E-state index contributed by atoms with van der Waals surface area (Å²) in [4.78, 5) is 0. The highest BCUT2D eigenvalue weighted by Crippen LogP contribution is 2.43. The van der Waals surface area contributed by atoms with E-state index in [2.05, 4.69) is 13.8 Å². The summed E-state index contributed by atoms with van der Waals surface area (Å²) in [5.41, 5.74) is 0.0376. The molecule has 96 valence electrons. The smallest absolute Gasteiger partial charge is 0.211 e. The molecule has 0 aliphatic carbocycles. The topological polar surface area (TPSA) is 69.4 Å². The highest BCUT2D eigenvalue weighted by atomic mass is 32.2. The van der Waals surface area contributed by atoms with Gasteiger partial charge in [0.15, 0.2) is 0 Å². The maximum Gasteiger partial charge on any atom is 0.211 e. The molecule has 1 rings (SSSR count). The van der Waals surface area contributed by atoms with Crippen molar-refractivity contribution in [3.05, 3.63) is 0 Å². The van der Waals surface area contributed by atoms with E-state index in [0.717, 1.165) is 32.1 Å². The lowest BCUT2D eigenvalue weighted by atomic mass is 9.74. The van der Waals surface area contributed by atoms with E-state index in [0.29, 0.717) is 6.61 Å². The van der Waals surface area contributed by atoms with Crippen LogP contribution in [0.2, 0.25) is 0 Å². The quantitative estimate of drug-likeness (QED) is 0.778. The molecule has 0 bridgehead atoms. The molecule has 4 nitrogen and oxygen atoms in total. The molecule has 1 aliphatic heterocycles. The fraction of sp³-hybridized carbons (Fsp3) is 1.00. The van der Waals surface area contributed by atoms with Gasteiger partial charge < -0.3 is 4.74 Å². The maximum absolute atomic E-state index is 11.2. The van der Waals surface area contributed by atoms with Crippen LogP contribution in [0.3, 0.4) is 0 Å². The standard InChI is InChI=1S/C11H23NO3S/c1-3-5-11(6-4-2)7-8-15-10(11)9-16(12,13)14/h10H,3-9H2,1-2H3,(H2,12,13,14). The third kappa shape index (κ3) is 3.43. The van der Waals surface area contributed by atoms with Crippen LogP contribution in [0.1, 0.15) is 46.0 Å². The fourth-order valence-electron chi connectivity index (χ4n) is 2.87. The van der Waals surface area contributed by atoms with Crippen LogP contribution in [0.4, 0.5) is 0 Å². The van der Waals surface area contributed by atoms with Crippen LogP contribution in [0.5, 0.6) is 0 Å². The molecule has 0 radical (unpaired) electrons. The summed E-state index contributed by atoms with van der Waals surface area (Å²) in [6.07, 6.45) is 4.94. The molecule has 0 amide bonds. The summed E-state index contributed by atoms with van der Waals surface area (Å²) < 4.78 is 28.0. The Morgan fingerprint density at radius 3 is 2.31 bits per heavy atom. The molecule has 1 fully saturated rings. The van der Waals surface area contributed by atoms with Gasteiger partial charge in [-0.25, -0.2) is 13.6 Å². The van der Waals surface area contributed by atoms with Gasteiger partial charge in [-0.2, -0.15) is 0 Å². The van der Waals surface area contributed by atoms with Crippen molar-refractivity contribution in [2.24, 2.45) is 10.6 Å². The van der Waals surface area contributed by atoms with E-state index in [1.54, 1.807) is 0 Å². The van der Waals surface area contributed by atoms with Crippen molar-refractivity contribution >= 4 is 10.0 Å². The zero-order valence-electron chi connectivity index (χ0n) is 10.2. The lowest BCUT2D eigenvalue weighted by Gasteiger charge is -2.33. The molecular weight excluding hydrogens is 226 g/mol. The van der Waals surface area contributed by atoms with Crippen LogP contribution in [-0.4, -0.2) is 26.9 Å². The first kappa shape index (κ1) is 13.9. The Labute approximate surface area is 98.6 Å². The van der Waals surface area contributed by atoms with Crippen LogP contribution in [0.25, 0.3) is 0 Å². The second-order valence-corrected chi connectivity index (χ2v) is 6.46. The summed E-state index contributed by atoms with van der Waals surface area (Å²) in [7, 11) is -3.44. The van der Waals surface area contributed by atoms with Gasteiger partial charge in [-0.3, -0.25) is 0 Å². The van der Waals surface area contributed by atoms with E-state index >= 15 is 0 Å². The minimum Gasteiger partial charge on any atom is -0.377 e. The first-order valence-electron chi connectivity index (χ1n) is 6.05. The largest absolute Gasteiger partial charge is 0.377 e. The Hall–Kier alpha value is -0.130. The maximum atomic E-state index is 11.2. The van der Waals surface area contributed by atoms with Crippen LogP contribution >= 0.6 is 0 Å². The Kier molecular flexibility index (Phi) is 4.76. The number of sulfonamides is 1. The molecule has 16 heavy (non-hydrogen) atoms. The first-order chi connectivity index (χ1) is 7.43. The Morgan fingerprint density at radius 1 is 1.31 bits per heavy atom. The van der Waals surface area contributed by atoms with E-state index in [1.165, 1.54) is 0 Å². The van der Waals surface area contributed by atoms with Crippen molar-refractivity contribution in [1.82, 2.24) is 0 Å². The molecule has 1 heterocycles. The third-order valence-electron chi connectivity index (χ3n) is 3.48. The predicted octanol–water partition coefficient (Wildman–Crippen LogP) is 1.65. The van der Waals surface area contributed by atoms with Crippen LogP contribution < -0.4 is 5.14 Å². The average molecular weight is 249 g/mol. The van der Waals surface area contributed by atoms with Crippen molar-refractivity contribution in [2.75, 3.05) is 12.4 Å². The average Bonchev–Trinajstić information content (AvgIpc) is 2.48. The number of primary sulfonamides is 1. The molecule has 1 atom stereocenters. The molecule has 1 aliphatic rings. The van der Waals surface area contributed by atoms with E-state index in [-0.39, 0.29) is 17.3 Å². The molecule has 0 aromatic rings. The molecule has 0 saturated carbocycles. The highest BCUT2D eigenvalue weighted by molar-refractivity contribution is 7.89. The number of hydrogen-bond donors (Lipinski definition) is 1. The van der Waals surface area contributed by atoms with Crippen molar-refractivity contribution in [3.8, 4) is 0 Å². The van der Waals surface area contributed by atoms with Gasteiger partial charge in [-0.15, -0.1) is 0 Å². The van der Waals surface area contributed by atoms with Crippen molar-refractivity contribution in [1.29, 1.82) is 0 Å². The summed E-state index contributed by atoms with van der Waals surface area (Å²) in [6, 6.07) is 0. The van der Waals surface area contributed by atoms with Crippen LogP contribution in [-0.2, 0) is 14.8 Å². The SMILES string of the molecule is CCCC1(CCC)CCOC1CS(N)(=O)=O. The molecule has 1 saturated heterocycles. The fourth-order valence-corrected chi connectivity index (χ4v) is 3.74. The normalized spacial score (nSPS) is 24.8. The monoisotopic (exact) mass is 249 g/mol. The van der Waals surface area contributed by atoms with E-state index < -0.39 is 10.0 Å². The summed E-state index contributed by atoms with van der Waals surface area (Å²) in [5, 5.41) is 5.12. The molecular formula is C11H23NO3S. The summed E-state index contributed by atoms with van der Waals surface area (Å²) in [6.45, 7) is 4.92. The Morgan fingerprint density at radius 2 is 1.88 bits per heavy atom. The number of ether oxygens (including phenoxy) is 1. The molecule has 2 N–H and O–H groups in total. The Bertz CT molecular complexity index is 307. The minimum atomic E-state index is -3.44. The van der Waals surface area contributed by atoms with Crippen molar-refractivity contribution < 1.29 is 13.2 Å². The van der Waals surface area contributed by atoms with Crippen LogP contribution in [0.15, 0.2) is 0 Å². The molecule has 1 unspecified atom stereocenters. The molecule has 5 heteroatoms. The van der Waals surface area contributed by atoms with Gasteiger partial charge in [-0.05, 0) is 24.7 Å². The van der Waals surface area contributed by atoms with Gasteiger partial charge in [0.1, 0.15) is 0 Å². The van der Waals surface area contributed by atoms with Gasteiger partial charge >= 0.3 is 0 Å². The van der Waals surface area contributed by atoms with Gasteiger partial charge in [0.05, 0.1) is 11.9 Å². The van der Waals surface area contributed by atoms with Crippen molar-refractivity contribution in [2.45, 2.75) is 52.1 Å². The summed E-state index contributed by atoms with van der Waals surface area (Å²) in [5.74, 6) is -0.0347. The van der Waals surface area contributed by atoms with Gasteiger partial charge in [0.2, 0.25) is 10.0 Å². The molecule has 0 spiro atoms. The number of nitrogens with two attached hydrogens (primary N) is 1. The zero-order chi connectivity index (χ0) is 12.2.